The third-order valence-corrected chi connectivity index (χ3v) is 3.77. The van der Waals surface area contributed by atoms with Crippen LogP contribution < -0.4 is 0 Å². The van der Waals surface area contributed by atoms with Crippen molar-refractivity contribution in [1.29, 1.82) is 0 Å². The number of furan rings is 1. The van der Waals surface area contributed by atoms with Crippen molar-refractivity contribution in [2.45, 2.75) is 6.42 Å². The molecule has 19 heavy (non-hydrogen) atoms. The van der Waals surface area contributed by atoms with Crippen LogP contribution in [0.25, 0.3) is 11.0 Å². The number of fused-ring (bicyclic) bond motifs is 1. The topological polar surface area (TPSA) is 13.1 Å². The molecule has 0 saturated carbocycles. The maximum atomic E-state index is 13.3. The van der Waals surface area contributed by atoms with E-state index in [0.29, 0.717) is 11.4 Å². The van der Waals surface area contributed by atoms with Gasteiger partial charge in [0.15, 0.2) is 0 Å². The van der Waals surface area contributed by atoms with Crippen molar-refractivity contribution in [2.24, 2.45) is 0 Å². The molecule has 0 bridgehead atoms. The van der Waals surface area contributed by atoms with Crippen molar-refractivity contribution < 1.29 is 8.81 Å². The molecule has 0 atom stereocenters. The van der Waals surface area contributed by atoms with E-state index in [9.17, 15) is 4.39 Å². The molecule has 0 aliphatic carbocycles. The van der Waals surface area contributed by atoms with E-state index in [4.69, 9.17) is 16.0 Å². The summed E-state index contributed by atoms with van der Waals surface area (Å²) in [7, 11) is 0. The summed E-state index contributed by atoms with van der Waals surface area (Å²) in [6, 6.07) is 12.2. The fourth-order valence-electron chi connectivity index (χ4n) is 2.08. The lowest BCUT2D eigenvalue weighted by atomic mass is 10.1. The number of hydrogen-bond donors (Lipinski definition) is 0. The van der Waals surface area contributed by atoms with Crippen LogP contribution in [0.4, 0.5) is 4.39 Å². The monoisotopic (exact) mass is 338 g/mol. The van der Waals surface area contributed by atoms with Crippen LogP contribution in [0.3, 0.4) is 0 Å². The number of benzene rings is 2. The predicted octanol–water partition coefficient (Wildman–Crippen LogP) is 5.58. The molecule has 1 aromatic heterocycles. The normalized spacial score (nSPS) is 11.1. The van der Waals surface area contributed by atoms with Crippen LogP contribution in [-0.4, -0.2) is 0 Å². The standard InChI is InChI=1S/C15H9BrClFO/c16-14-2-1-3-15-13(14)8-12(19-15)6-9-4-10(17)7-11(18)5-9/h1-5,7-8H,6H2. The number of hydrogen-bond acceptors (Lipinski definition) is 1. The Kier molecular flexibility index (Phi) is 3.33. The highest BCUT2D eigenvalue weighted by atomic mass is 79.9. The van der Waals surface area contributed by atoms with Gasteiger partial charge in [0.05, 0.1) is 0 Å². The first kappa shape index (κ1) is 12.7. The van der Waals surface area contributed by atoms with Crippen LogP contribution in [0.15, 0.2) is 51.4 Å². The van der Waals surface area contributed by atoms with Gasteiger partial charge < -0.3 is 4.42 Å². The molecule has 0 aliphatic heterocycles. The maximum Gasteiger partial charge on any atom is 0.135 e. The summed E-state index contributed by atoms with van der Waals surface area (Å²) in [5.74, 6) is 0.448. The minimum atomic E-state index is -0.334. The highest BCUT2D eigenvalue weighted by Crippen LogP contribution is 2.28. The lowest BCUT2D eigenvalue weighted by molar-refractivity contribution is 0.561. The zero-order valence-corrected chi connectivity index (χ0v) is 12.1. The van der Waals surface area contributed by atoms with Crippen molar-refractivity contribution in [1.82, 2.24) is 0 Å². The summed E-state index contributed by atoms with van der Waals surface area (Å²) in [4.78, 5) is 0. The Bertz CT molecular complexity index is 731. The molecule has 0 amide bonds. The molecular weight excluding hydrogens is 331 g/mol. The van der Waals surface area contributed by atoms with Crippen LogP contribution in [0.2, 0.25) is 5.02 Å². The molecule has 4 heteroatoms. The van der Waals surface area contributed by atoms with Gasteiger partial charge in [0.2, 0.25) is 0 Å². The van der Waals surface area contributed by atoms with Gasteiger partial charge in [-0.1, -0.05) is 33.6 Å². The van der Waals surface area contributed by atoms with Gasteiger partial charge in [0, 0.05) is 21.3 Å². The Morgan fingerprint density at radius 2 is 2.00 bits per heavy atom. The van der Waals surface area contributed by atoms with Gasteiger partial charge in [-0.2, -0.15) is 0 Å². The molecule has 3 rings (SSSR count). The third-order valence-electron chi connectivity index (χ3n) is 2.86. The van der Waals surface area contributed by atoms with E-state index in [-0.39, 0.29) is 5.82 Å². The van der Waals surface area contributed by atoms with E-state index >= 15 is 0 Å². The maximum absolute atomic E-state index is 13.3. The van der Waals surface area contributed by atoms with Crippen LogP contribution in [0.5, 0.6) is 0 Å². The lowest BCUT2D eigenvalue weighted by Gasteiger charge is -1.99. The Morgan fingerprint density at radius 1 is 1.16 bits per heavy atom. The lowest BCUT2D eigenvalue weighted by Crippen LogP contribution is -1.87. The quantitative estimate of drug-likeness (QED) is 0.594. The summed E-state index contributed by atoms with van der Waals surface area (Å²) in [5, 5.41) is 1.41. The average Bonchev–Trinajstić information content (AvgIpc) is 2.71. The van der Waals surface area contributed by atoms with Crippen molar-refractivity contribution in [2.75, 3.05) is 0 Å². The largest absolute Gasteiger partial charge is 0.461 e. The van der Waals surface area contributed by atoms with Gasteiger partial charge in [-0.3, -0.25) is 0 Å². The van der Waals surface area contributed by atoms with E-state index < -0.39 is 0 Å². The second-order valence-corrected chi connectivity index (χ2v) is 5.61. The minimum absolute atomic E-state index is 0.334. The fourth-order valence-corrected chi connectivity index (χ4v) is 2.79. The summed E-state index contributed by atoms with van der Waals surface area (Å²) in [6.07, 6.45) is 0.512. The molecule has 2 aromatic carbocycles. The molecule has 96 valence electrons. The van der Waals surface area contributed by atoms with Crippen molar-refractivity contribution in [3.8, 4) is 0 Å². The van der Waals surface area contributed by atoms with Crippen LogP contribution in [-0.2, 0) is 6.42 Å². The molecule has 0 N–H and O–H groups in total. The molecule has 0 saturated heterocycles. The van der Waals surface area contributed by atoms with Gasteiger partial charge in [-0.05, 0) is 42.0 Å². The summed E-state index contributed by atoms with van der Waals surface area (Å²) >= 11 is 9.32. The second kappa shape index (κ2) is 4.99. The molecule has 3 aromatic rings. The van der Waals surface area contributed by atoms with Crippen LogP contribution in [0, 0.1) is 5.82 Å². The molecule has 0 fully saturated rings. The van der Waals surface area contributed by atoms with Gasteiger partial charge in [0.1, 0.15) is 17.2 Å². The van der Waals surface area contributed by atoms with E-state index in [1.54, 1.807) is 6.07 Å². The van der Waals surface area contributed by atoms with Crippen molar-refractivity contribution >= 4 is 38.5 Å². The highest BCUT2D eigenvalue weighted by Gasteiger charge is 2.08. The average molecular weight is 340 g/mol. The first-order valence-corrected chi connectivity index (χ1v) is 6.91. The second-order valence-electron chi connectivity index (χ2n) is 4.32. The van der Waals surface area contributed by atoms with Crippen LogP contribution in [0.1, 0.15) is 11.3 Å². The Hall–Kier alpha value is -1.32. The fraction of sp³-hybridized carbons (Fsp3) is 0.0667. The van der Waals surface area contributed by atoms with Crippen LogP contribution >= 0.6 is 27.5 Å². The smallest absolute Gasteiger partial charge is 0.135 e. The molecular formula is C15H9BrClFO. The summed E-state index contributed by atoms with van der Waals surface area (Å²) in [5.41, 5.74) is 1.60. The molecule has 0 spiro atoms. The van der Waals surface area contributed by atoms with Gasteiger partial charge in [-0.25, -0.2) is 4.39 Å². The predicted molar refractivity (Wildman–Crippen MR) is 78.1 cm³/mol. The number of rotatable bonds is 2. The summed E-state index contributed by atoms with van der Waals surface area (Å²) in [6.45, 7) is 0. The zero-order valence-electron chi connectivity index (χ0n) is 9.79. The SMILES string of the molecule is Fc1cc(Cl)cc(Cc2cc3c(Br)cccc3o2)c1. The van der Waals surface area contributed by atoms with Gasteiger partial charge in [-0.15, -0.1) is 0 Å². The molecule has 1 heterocycles. The number of halogens is 3. The highest BCUT2D eigenvalue weighted by molar-refractivity contribution is 9.10. The third kappa shape index (κ3) is 2.67. The molecule has 0 radical (unpaired) electrons. The first-order chi connectivity index (χ1) is 9.11. The van der Waals surface area contributed by atoms with Crippen molar-refractivity contribution in [3.63, 3.8) is 0 Å². The molecule has 0 unspecified atom stereocenters. The van der Waals surface area contributed by atoms with Gasteiger partial charge in [0.25, 0.3) is 0 Å². The molecule has 0 aliphatic rings. The first-order valence-electron chi connectivity index (χ1n) is 5.74. The zero-order chi connectivity index (χ0) is 13.4. The van der Waals surface area contributed by atoms with E-state index in [1.807, 2.05) is 24.3 Å². The minimum Gasteiger partial charge on any atom is -0.461 e. The Morgan fingerprint density at radius 3 is 2.74 bits per heavy atom. The van der Waals surface area contributed by atoms with E-state index in [0.717, 1.165) is 26.8 Å². The van der Waals surface area contributed by atoms with E-state index in [1.165, 1.54) is 12.1 Å². The van der Waals surface area contributed by atoms with Gasteiger partial charge >= 0.3 is 0 Å². The van der Waals surface area contributed by atoms with Crippen molar-refractivity contribution in [3.05, 3.63) is 69.1 Å². The van der Waals surface area contributed by atoms with E-state index in [2.05, 4.69) is 15.9 Å². The molecule has 1 nitrogen and oxygen atoms in total. The summed E-state index contributed by atoms with van der Waals surface area (Å²) < 4.78 is 20.0. The Labute approximate surface area is 123 Å². The Balaban J connectivity index is 1.99.